The van der Waals surface area contributed by atoms with Crippen LogP contribution in [-0.2, 0) is 16.2 Å². The van der Waals surface area contributed by atoms with Crippen molar-refractivity contribution in [1.82, 2.24) is 5.32 Å². The van der Waals surface area contributed by atoms with Crippen LogP contribution in [0.1, 0.15) is 27.8 Å². The van der Waals surface area contributed by atoms with E-state index in [2.05, 4.69) is 47.2 Å². The Bertz CT molecular complexity index is 1330. The molecule has 3 aromatic carbocycles. The molecular formula is C27H23BrN2O4. The van der Waals surface area contributed by atoms with Crippen molar-refractivity contribution in [3.05, 3.63) is 98.5 Å². The number of barbiturate groups is 1. The van der Waals surface area contributed by atoms with Crippen LogP contribution in [0.4, 0.5) is 10.5 Å². The fraction of sp³-hybridized carbons (Fsp3) is 0.148. The van der Waals surface area contributed by atoms with Gasteiger partial charge in [-0.15, -0.1) is 0 Å². The molecule has 4 amide bonds. The summed E-state index contributed by atoms with van der Waals surface area (Å²) in [5.74, 6) is -0.774. The molecule has 0 unspecified atom stereocenters. The molecule has 1 aliphatic rings. The molecule has 6 nitrogen and oxygen atoms in total. The third kappa shape index (κ3) is 4.94. The Balaban J connectivity index is 1.55. The van der Waals surface area contributed by atoms with E-state index in [-0.39, 0.29) is 5.57 Å². The Morgan fingerprint density at radius 2 is 1.65 bits per heavy atom. The standard InChI is InChI=1S/C27H23BrN2O4/c1-16-4-9-21(10-5-16)30-26(32)22(25(31)29-27(30)33)13-19-8-11-24(23(28)14-19)34-15-20-7-6-17(2)18(3)12-20/h4-14H,15H2,1-3H3,(H,29,31,33)/b22-13+. The highest BCUT2D eigenvalue weighted by Crippen LogP contribution is 2.29. The van der Waals surface area contributed by atoms with Crippen LogP contribution >= 0.6 is 15.9 Å². The van der Waals surface area contributed by atoms with E-state index in [1.807, 2.05) is 13.0 Å². The lowest BCUT2D eigenvalue weighted by Crippen LogP contribution is -2.54. The van der Waals surface area contributed by atoms with E-state index in [1.165, 1.54) is 17.2 Å². The fourth-order valence-corrected chi connectivity index (χ4v) is 4.04. The third-order valence-corrected chi connectivity index (χ3v) is 6.25. The van der Waals surface area contributed by atoms with Gasteiger partial charge in [0, 0.05) is 0 Å². The number of aryl methyl sites for hydroxylation is 3. The Labute approximate surface area is 206 Å². The van der Waals surface area contributed by atoms with Crippen molar-refractivity contribution < 1.29 is 19.1 Å². The molecule has 1 N–H and O–H groups in total. The van der Waals surface area contributed by atoms with Crippen LogP contribution in [-0.4, -0.2) is 17.8 Å². The number of carbonyl (C=O) groups excluding carboxylic acids is 3. The molecule has 172 valence electrons. The summed E-state index contributed by atoms with van der Waals surface area (Å²) in [6, 6.07) is 17.6. The number of halogens is 1. The van der Waals surface area contributed by atoms with Crippen LogP contribution in [0.3, 0.4) is 0 Å². The minimum absolute atomic E-state index is 0.129. The highest BCUT2D eigenvalue weighted by Gasteiger charge is 2.36. The van der Waals surface area contributed by atoms with Crippen molar-refractivity contribution in [3.63, 3.8) is 0 Å². The second kappa shape index (κ2) is 9.65. The molecule has 0 bridgehead atoms. The first-order valence-corrected chi connectivity index (χ1v) is 11.5. The number of hydrogen-bond acceptors (Lipinski definition) is 4. The second-order valence-corrected chi connectivity index (χ2v) is 9.04. The molecule has 7 heteroatoms. The van der Waals surface area contributed by atoms with Crippen LogP contribution in [0, 0.1) is 20.8 Å². The molecule has 0 spiro atoms. The van der Waals surface area contributed by atoms with Gasteiger partial charge in [0.1, 0.15) is 17.9 Å². The normalized spacial score (nSPS) is 15.0. The number of amides is 4. The van der Waals surface area contributed by atoms with Gasteiger partial charge in [-0.3, -0.25) is 14.9 Å². The Hall–Kier alpha value is -3.71. The number of carbonyl (C=O) groups is 3. The number of nitrogens with zero attached hydrogens (tertiary/aromatic N) is 1. The van der Waals surface area contributed by atoms with Crippen LogP contribution in [0.5, 0.6) is 5.75 Å². The van der Waals surface area contributed by atoms with E-state index >= 15 is 0 Å². The molecule has 34 heavy (non-hydrogen) atoms. The van der Waals surface area contributed by atoms with Crippen molar-refractivity contribution >= 4 is 45.5 Å². The molecule has 0 aromatic heterocycles. The first-order chi connectivity index (χ1) is 16.2. The zero-order chi connectivity index (χ0) is 24.4. The number of imide groups is 2. The molecule has 4 rings (SSSR count). The molecule has 0 aliphatic carbocycles. The SMILES string of the molecule is Cc1ccc(N2C(=O)NC(=O)/C(=C\c3ccc(OCc4ccc(C)c(C)c4)c(Br)c3)C2=O)cc1. The largest absolute Gasteiger partial charge is 0.488 e. The highest BCUT2D eigenvalue weighted by molar-refractivity contribution is 9.10. The number of hydrogen-bond donors (Lipinski definition) is 1. The van der Waals surface area contributed by atoms with Gasteiger partial charge >= 0.3 is 6.03 Å². The Kier molecular flexibility index (Phi) is 6.65. The molecule has 1 aliphatic heterocycles. The van der Waals surface area contributed by atoms with Gasteiger partial charge in [-0.1, -0.05) is 42.0 Å². The van der Waals surface area contributed by atoms with Crippen molar-refractivity contribution in [3.8, 4) is 5.75 Å². The fourth-order valence-electron chi connectivity index (χ4n) is 3.53. The van der Waals surface area contributed by atoms with Crippen molar-refractivity contribution in [2.24, 2.45) is 0 Å². The lowest BCUT2D eigenvalue weighted by molar-refractivity contribution is -0.122. The van der Waals surface area contributed by atoms with E-state index in [4.69, 9.17) is 4.74 Å². The molecule has 0 saturated carbocycles. The zero-order valence-electron chi connectivity index (χ0n) is 19.0. The maximum atomic E-state index is 13.0. The van der Waals surface area contributed by atoms with Gasteiger partial charge in [-0.2, -0.15) is 0 Å². The Morgan fingerprint density at radius 1 is 0.912 bits per heavy atom. The average molecular weight is 519 g/mol. The molecule has 0 atom stereocenters. The summed E-state index contributed by atoms with van der Waals surface area (Å²) >= 11 is 3.50. The summed E-state index contributed by atoms with van der Waals surface area (Å²) in [5.41, 5.74) is 5.36. The van der Waals surface area contributed by atoms with Crippen molar-refractivity contribution in [2.75, 3.05) is 4.90 Å². The summed E-state index contributed by atoms with van der Waals surface area (Å²) in [6.45, 7) is 6.45. The molecule has 0 radical (unpaired) electrons. The van der Waals surface area contributed by atoms with Crippen LogP contribution < -0.4 is 15.0 Å². The topological polar surface area (TPSA) is 75.7 Å². The quantitative estimate of drug-likeness (QED) is 0.351. The van der Waals surface area contributed by atoms with E-state index < -0.39 is 17.8 Å². The maximum absolute atomic E-state index is 13.0. The summed E-state index contributed by atoms with van der Waals surface area (Å²) in [6.07, 6.45) is 1.46. The van der Waals surface area contributed by atoms with Gasteiger partial charge in [0.2, 0.25) is 0 Å². The monoisotopic (exact) mass is 518 g/mol. The summed E-state index contributed by atoms with van der Waals surface area (Å²) < 4.78 is 6.62. The number of ether oxygens (including phenoxy) is 1. The van der Waals surface area contributed by atoms with Crippen molar-refractivity contribution in [1.29, 1.82) is 0 Å². The van der Waals surface area contributed by atoms with E-state index in [0.29, 0.717) is 28.1 Å². The van der Waals surface area contributed by atoms with E-state index in [1.54, 1.807) is 42.5 Å². The molecule has 1 fully saturated rings. The predicted molar refractivity (Wildman–Crippen MR) is 135 cm³/mol. The van der Waals surface area contributed by atoms with Gasteiger partial charge in [0.15, 0.2) is 0 Å². The van der Waals surface area contributed by atoms with Gasteiger partial charge in [-0.05, 0) is 89.3 Å². The Morgan fingerprint density at radius 3 is 2.32 bits per heavy atom. The first-order valence-electron chi connectivity index (χ1n) is 10.7. The molecule has 3 aromatic rings. The molecule has 1 heterocycles. The number of rotatable bonds is 5. The van der Waals surface area contributed by atoms with Gasteiger partial charge < -0.3 is 4.74 Å². The predicted octanol–water partition coefficient (Wildman–Crippen LogP) is 5.62. The number of nitrogens with one attached hydrogen (secondary N) is 1. The van der Waals surface area contributed by atoms with Crippen LogP contribution in [0.2, 0.25) is 0 Å². The summed E-state index contributed by atoms with van der Waals surface area (Å²) in [5, 5.41) is 2.24. The average Bonchev–Trinajstić information content (AvgIpc) is 2.79. The van der Waals surface area contributed by atoms with Crippen LogP contribution in [0.15, 0.2) is 70.7 Å². The van der Waals surface area contributed by atoms with E-state index in [0.717, 1.165) is 16.0 Å². The smallest absolute Gasteiger partial charge is 0.335 e. The third-order valence-electron chi connectivity index (χ3n) is 5.63. The highest BCUT2D eigenvalue weighted by atomic mass is 79.9. The molecular weight excluding hydrogens is 496 g/mol. The second-order valence-electron chi connectivity index (χ2n) is 8.19. The minimum atomic E-state index is -0.771. The zero-order valence-corrected chi connectivity index (χ0v) is 20.6. The van der Waals surface area contributed by atoms with Crippen LogP contribution in [0.25, 0.3) is 6.08 Å². The number of benzene rings is 3. The van der Waals surface area contributed by atoms with E-state index in [9.17, 15) is 14.4 Å². The summed E-state index contributed by atoms with van der Waals surface area (Å²) in [7, 11) is 0. The van der Waals surface area contributed by atoms with Gasteiger partial charge in [0.05, 0.1) is 10.2 Å². The van der Waals surface area contributed by atoms with Gasteiger partial charge in [-0.25, -0.2) is 9.69 Å². The first kappa shape index (κ1) is 23.4. The summed E-state index contributed by atoms with van der Waals surface area (Å²) in [4.78, 5) is 38.8. The lowest BCUT2D eigenvalue weighted by Gasteiger charge is -2.26. The van der Waals surface area contributed by atoms with Gasteiger partial charge in [0.25, 0.3) is 11.8 Å². The van der Waals surface area contributed by atoms with Crippen molar-refractivity contribution in [2.45, 2.75) is 27.4 Å². The molecule has 1 saturated heterocycles. The number of anilines is 1. The number of urea groups is 1. The maximum Gasteiger partial charge on any atom is 0.335 e. The minimum Gasteiger partial charge on any atom is -0.488 e. The lowest BCUT2D eigenvalue weighted by atomic mass is 10.1.